The number of aromatic nitrogens is 4. The summed E-state index contributed by atoms with van der Waals surface area (Å²) in [6, 6.07) is 0. The first-order chi connectivity index (χ1) is 9.22. The van der Waals surface area contributed by atoms with Crippen LogP contribution in [-0.2, 0) is 0 Å². The predicted octanol–water partition coefficient (Wildman–Crippen LogP) is 1.36. The summed E-state index contributed by atoms with van der Waals surface area (Å²) in [4.78, 5) is 19.2. The number of anilines is 2. The zero-order valence-electron chi connectivity index (χ0n) is 10.8. The molecule has 19 heavy (non-hydrogen) atoms. The highest BCUT2D eigenvalue weighted by Gasteiger charge is 2.20. The molecule has 98 valence electrons. The molecule has 2 aromatic heterocycles. The largest absolute Gasteiger partial charge is 0.382 e. The van der Waals surface area contributed by atoms with Crippen LogP contribution < -0.4 is 10.6 Å². The van der Waals surface area contributed by atoms with E-state index in [-0.39, 0.29) is 0 Å². The molecule has 0 amide bonds. The fourth-order valence-electron chi connectivity index (χ4n) is 2.25. The maximum absolute atomic E-state index is 5.62. The van der Waals surface area contributed by atoms with Crippen molar-refractivity contribution in [2.24, 2.45) is 5.92 Å². The Bertz CT molecular complexity index is 568. The summed E-state index contributed by atoms with van der Waals surface area (Å²) in [5.74, 6) is 1.89. The Morgan fingerprint density at radius 3 is 2.63 bits per heavy atom. The highest BCUT2D eigenvalue weighted by molar-refractivity contribution is 5.58. The van der Waals surface area contributed by atoms with E-state index in [0.29, 0.717) is 17.4 Å². The number of nitrogens with two attached hydrogens (primary N) is 1. The maximum atomic E-state index is 5.62. The minimum Gasteiger partial charge on any atom is -0.382 e. The van der Waals surface area contributed by atoms with Crippen molar-refractivity contribution >= 4 is 11.8 Å². The minimum atomic E-state index is 0.398. The molecule has 1 fully saturated rings. The minimum absolute atomic E-state index is 0.398. The number of hydrogen-bond acceptors (Lipinski definition) is 6. The number of rotatable bonds is 2. The van der Waals surface area contributed by atoms with Gasteiger partial charge < -0.3 is 10.6 Å². The molecule has 0 bridgehead atoms. The molecule has 1 aliphatic heterocycles. The molecule has 3 heterocycles. The molecule has 6 nitrogen and oxygen atoms in total. The van der Waals surface area contributed by atoms with Crippen LogP contribution in [0.4, 0.5) is 11.8 Å². The normalized spacial score (nSPS) is 18.8. The van der Waals surface area contributed by atoms with Crippen molar-refractivity contribution in [2.45, 2.75) is 13.3 Å². The lowest BCUT2D eigenvalue weighted by atomic mass is 10.2. The summed E-state index contributed by atoms with van der Waals surface area (Å²) >= 11 is 0. The summed E-state index contributed by atoms with van der Waals surface area (Å²) in [5.41, 5.74) is 7.14. The van der Waals surface area contributed by atoms with Crippen molar-refractivity contribution < 1.29 is 0 Å². The fraction of sp³-hybridized carbons (Fsp3) is 0.385. The Labute approximate surface area is 111 Å². The molecule has 3 rings (SSSR count). The van der Waals surface area contributed by atoms with Gasteiger partial charge in [0.15, 0.2) is 0 Å². The first-order valence-corrected chi connectivity index (χ1v) is 6.37. The Hall–Kier alpha value is -2.24. The second-order valence-corrected chi connectivity index (χ2v) is 4.94. The van der Waals surface area contributed by atoms with E-state index in [2.05, 4.69) is 31.8 Å². The Balaban J connectivity index is 1.83. The van der Waals surface area contributed by atoms with Crippen LogP contribution in [0.2, 0.25) is 0 Å². The van der Waals surface area contributed by atoms with Gasteiger partial charge in [0, 0.05) is 31.0 Å². The quantitative estimate of drug-likeness (QED) is 0.873. The van der Waals surface area contributed by atoms with Crippen LogP contribution in [-0.4, -0.2) is 33.0 Å². The third kappa shape index (κ3) is 2.47. The Kier molecular flexibility index (Phi) is 2.98. The molecule has 0 aromatic carbocycles. The van der Waals surface area contributed by atoms with Crippen LogP contribution in [0.5, 0.6) is 0 Å². The molecule has 1 atom stereocenters. The van der Waals surface area contributed by atoms with Gasteiger partial charge in [-0.05, 0) is 12.3 Å². The van der Waals surface area contributed by atoms with Crippen LogP contribution in [0.15, 0.2) is 24.8 Å². The molecular formula is C13H16N6. The van der Waals surface area contributed by atoms with Crippen LogP contribution in [0.25, 0.3) is 11.3 Å². The zero-order valence-corrected chi connectivity index (χ0v) is 10.8. The van der Waals surface area contributed by atoms with Gasteiger partial charge in [0.05, 0.1) is 18.1 Å². The monoisotopic (exact) mass is 256 g/mol. The van der Waals surface area contributed by atoms with Gasteiger partial charge in [0.2, 0.25) is 5.95 Å². The third-order valence-corrected chi connectivity index (χ3v) is 3.29. The van der Waals surface area contributed by atoms with Crippen LogP contribution in [0.3, 0.4) is 0 Å². The van der Waals surface area contributed by atoms with Gasteiger partial charge in [0.25, 0.3) is 0 Å². The maximum Gasteiger partial charge on any atom is 0.225 e. The van der Waals surface area contributed by atoms with Crippen molar-refractivity contribution in [2.75, 3.05) is 23.7 Å². The van der Waals surface area contributed by atoms with E-state index in [1.54, 1.807) is 18.6 Å². The van der Waals surface area contributed by atoms with Gasteiger partial charge in [-0.15, -0.1) is 0 Å². The molecular weight excluding hydrogens is 240 g/mol. The average molecular weight is 256 g/mol. The smallest absolute Gasteiger partial charge is 0.225 e. The molecule has 1 unspecified atom stereocenters. The molecule has 2 N–H and O–H groups in total. The van der Waals surface area contributed by atoms with Crippen molar-refractivity contribution in [3.05, 3.63) is 24.8 Å². The van der Waals surface area contributed by atoms with Crippen LogP contribution in [0.1, 0.15) is 13.3 Å². The van der Waals surface area contributed by atoms with Crippen molar-refractivity contribution in [3.63, 3.8) is 0 Å². The summed E-state index contributed by atoms with van der Waals surface area (Å²) in [5, 5.41) is 0. The Morgan fingerprint density at radius 1 is 1.21 bits per heavy atom. The number of nitrogens with zero attached hydrogens (tertiary/aromatic N) is 5. The molecule has 0 radical (unpaired) electrons. The van der Waals surface area contributed by atoms with Crippen molar-refractivity contribution in [3.8, 4) is 11.3 Å². The fourth-order valence-corrected chi connectivity index (χ4v) is 2.25. The first kappa shape index (κ1) is 11.8. The summed E-state index contributed by atoms with van der Waals surface area (Å²) in [6.07, 6.45) is 7.92. The standard InChI is InChI=1S/C13H16N6/c1-9-2-3-19(8-9)13-16-4-10(5-17-13)11-6-15-7-12(14)18-11/h4-7,9H,2-3,8H2,1H3,(H2,14,18). The lowest BCUT2D eigenvalue weighted by Gasteiger charge is -2.15. The lowest BCUT2D eigenvalue weighted by Crippen LogP contribution is -2.21. The molecule has 0 aliphatic carbocycles. The van der Waals surface area contributed by atoms with Crippen LogP contribution in [0, 0.1) is 5.92 Å². The lowest BCUT2D eigenvalue weighted by molar-refractivity contribution is 0.658. The second-order valence-electron chi connectivity index (χ2n) is 4.94. The van der Waals surface area contributed by atoms with E-state index >= 15 is 0 Å². The van der Waals surface area contributed by atoms with E-state index in [1.807, 2.05) is 0 Å². The van der Waals surface area contributed by atoms with Gasteiger partial charge in [-0.1, -0.05) is 6.92 Å². The molecule has 0 saturated carbocycles. The Morgan fingerprint density at radius 2 is 2.00 bits per heavy atom. The summed E-state index contributed by atoms with van der Waals surface area (Å²) in [7, 11) is 0. The van der Waals surface area contributed by atoms with E-state index < -0.39 is 0 Å². The second kappa shape index (κ2) is 4.79. The van der Waals surface area contributed by atoms with Gasteiger partial charge in [-0.3, -0.25) is 4.98 Å². The summed E-state index contributed by atoms with van der Waals surface area (Å²) < 4.78 is 0. The van der Waals surface area contributed by atoms with E-state index in [9.17, 15) is 0 Å². The van der Waals surface area contributed by atoms with E-state index in [0.717, 1.165) is 24.6 Å². The zero-order chi connectivity index (χ0) is 13.2. The molecule has 6 heteroatoms. The highest BCUT2D eigenvalue weighted by Crippen LogP contribution is 2.21. The average Bonchev–Trinajstić information content (AvgIpc) is 2.86. The SMILES string of the molecule is CC1CCN(c2ncc(-c3cncc(N)n3)cn2)C1. The van der Waals surface area contributed by atoms with Gasteiger partial charge >= 0.3 is 0 Å². The molecule has 1 saturated heterocycles. The topological polar surface area (TPSA) is 80.8 Å². The van der Waals surface area contributed by atoms with Gasteiger partial charge in [-0.2, -0.15) is 0 Å². The molecule has 0 spiro atoms. The predicted molar refractivity (Wildman–Crippen MR) is 73.5 cm³/mol. The number of nitrogen functional groups attached to an aromatic ring is 1. The number of hydrogen-bond donors (Lipinski definition) is 1. The molecule has 1 aliphatic rings. The summed E-state index contributed by atoms with van der Waals surface area (Å²) in [6.45, 7) is 4.30. The van der Waals surface area contributed by atoms with E-state index in [4.69, 9.17) is 5.73 Å². The highest BCUT2D eigenvalue weighted by atomic mass is 15.3. The first-order valence-electron chi connectivity index (χ1n) is 6.37. The van der Waals surface area contributed by atoms with E-state index in [1.165, 1.54) is 12.6 Å². The van der Waals surface area contributed by atoms with Crippen molar-refractivity contribution in [1.82, 2.24) is 19.9 Å². The molecule has 2 aromatic rings. The van der Waals surface area contributed by atoms with Crippen LogP contribution >= 0.6 is 0 Å². The van der Waals surface area contributed by atoms with Gasteiger partial charge in [0.1, 0.15) is 5.82 Å². The third-order valence-electron chi connectivity index (χ3n) is 3.29. The van der Waals surface area contributed by atoms with Crippen molar-refractivity contribution in [1.29, 1.82) is 0 Å². The van der Waals surface area contributed by atoms with Gasteiger partial charge in [-0.25, -0.2) is 15.0 Å².